The largest absolute Gasteiger partial charge is 0.351 e. The van der Waals surface area contributed by atoms with Crippen molar-refractivity contribution in [3.63, 3.8) is 0 Å². The topological polar surface area (TPSA) is 94.6 Å². The molecule has 0 unspecified atom stereocenters. The fraction of sp³-hybridized carbons (Fsp3) is 0.259. The summed E-state index contributed by atoms with van der Waals surface area (Å²) >= 11 is 13.8. The van der Waals surface area contributed by atoms with Gasteiger partial charge < -0.3 is 10.2 Å². The number of aromatic nitrogens is 1. The number of sulfonamides is 1. The molecule has 1 amide bonds. The van der Waals surface area contributed by atoms with E-state index in [1.165, 1.54) is 24.3 Å². The Labute approximate surface area is 241 Å². The lowest BCUT2D eigenvalue weighted by Gasteiger charge is -2.34. The summed E-state index contributed by atoms with van der Waals surface area (Å²) in [5.74, 6) is -0.206. The van der Waals surface area contributed by atoms with Crippen molar-refractivity contribution in [3.8, 4) is 0 Å². The van der Waals surface area contributed by atoms with Crippen LogP contribution in [0.4, 0.5) is 10.8 Å². The second kappa shape index (κ2) is 11.7. The van der Waals surface area contributed by atoms with E-state index in [1.54, 1.807) is 35.6 Å². The van der Waals surface area contributed by atoms with E-state index >= 15 is 0 Å². The van der Waals surface area contributed by atoms with Crippen LogP contribution >= 0.6 is 34.5 Å². The van der Waals surface area contributed by atoms with E-state index in [0.29, 0.717) is 22.8 Å². The minimum Gasteiger partial charge on any atom is -0.351 e. The minimum atomic E-state index is -3.75. The lowest BCUT2D eigenvalue weighted by atomic mass is 10.2. The highest BCUT2D eigenvalue weighted by molar-refractivity contribution is 7.92. The summed E-state index contributed by atoms with van der Waals surface area (Å²) in [6, 6.07) is 16.2. The third-order valence-corrected chi connectivity index (χ3v) is 9.79. The zero-order chi connectivity index (χ0) is 27.6. The second-order valence-electron chi connectivity index (χ2n) is 9.26. The van der Waals surface area contributed by atoms with Gasteiger partial charge in [0.1, 0.15) is 0 Å². The molecule has 1 fully saturated rings. The van der Waals surface area contributed by atoms with Gasteiger partial charge in [0.25, 0.3) is 15.9 Å². The predicted octanol–water partition coefficient (Wildman–Crippen LogP) is 5.26. The van der Waals surface area contributed by atoms with Gasteiger partial charge in [0.05, 0.1) is 20.1 Å². The number of thiazole rings is 1. The summed E-state index contributed by atoms with van der Waals surface area (Å²) < 4.78 is 28.6. The highest BCUT2D eigenvalue weighted by Crippen LogP contribution is 2.35. The fourth-order valence-electron chi connectivity index (χ4n) is 4.34. The highest BCUT2D eigenvalue weighted by atomic mass is 35.5. The molecule has 0 bridgehead atoms. The molecule has 3 aromatic carbocycles. The SMILES string of the molecule is Cc1ccc(Cl)c2sc(N3CCN(CCNC(=O)c4ccc(NS(=O)(=O)c5ccc(Cl)cc5)cc4)CC3)nc12. The van der Waals surface area contributed by atoms with Crippen molar-refractivity contribution in [2.24, 2.45) is 0 Å². The molecule has 0 aliphatic carbocycles. The van der Waals surface area contributed by atoms with Gasteiger partial charge in [-0.3, -0.25) is 14.4 Å². The van der Waals surface area contributed by atoms with E-state index in [9.17, 15) is 13.2 Å². The molecular formula is C27H27Cl2N5O3S2. The number of fused-ring (bicyclic) bond motifs is 1. The van der Waals surface area contributed by atoms with Crippen LogP contribution < -0.4 is 14.9 Å². The van der Waals surface area contributed by atoms with Gasteiger partial charge in [-0.15, -0.1) is 0 Å². The molecule has 5 rings (SSSR count). The number of anilines is 2. The Morgan fingerprint density at radius 3 is 2.33 bits per heavy atom. The molecule has 39 heavy (non-hydrogen) atoms. The molecule has 1 aliphatic heterocycles. The number of halogens is 2. The van der Waals surface area contributed by atoms with E-state index < -0.39 is 10.0 Å². The molecule has 204 valence electrons. The first-order valence-corrected chi connectivity index (χ1v) is 15.4. The molecule has 2 heterocycles. The van der Waals surface area contributed by atoms with Gasteiger partial charge in [-0.25, -0.2) is 13.4 Å². The van der Waals surface area contributed by atoms with E-state index in [4.69, 9.17) is 28.2 Å². The first kappa shape index (κ1) is 27.7. The van der Waals surface area contributed by atoms with Crippen LogP contribution in [0.1, 0.15) is 15.9 Å². The number of rotatable bonds is 8. The number of benzene rings is 3. The lowest BCUT2D eigenvalue weighted by molar-refractivity contribution is 0.0948. The molecule has 1 aliphatic rings. The first-order valence-electron chi connectivity index (χ1n) is 12.4. The Morgan fingerprint density at radius 1 is 0.974 bits per heavy atom. The van der Waals surface area contributed by atoms with Gasteiger partial charge in [-0.1, -0.05) is 40.6 Å². The van der Waals surface area contributed by atoms with Crippen LogP contribution in [0.15, 0.2) is 65.6 Å². The average molecular weight is 605 g/mol. The first-order chi connectivity index (χ1) is 18.7. The van der Waals surface area contributed by atoms with Gasteiger partial charge in [0.15, 0.2) is 5.13 Å². The Hall–Kier alpha value is -2.89. The second-order valence-corrected chi connectivity index (χ2v) is 12.8. The number of hydrogen-bond acceptors (Lipinski definition) is 7. The van der Waals surface area contributed by atoms with Crippen LogP contribution in [-0.2, 0) is 10.0 Å². The number of nitrogens with one attached hydrogen (secondary N) is 2. The van der Waals surface area contributed by atoms with Gasteiger partial charge in [-0.05, 0) is 67.1 Å². The van der Waals surface area contributed by atoms with Crippen LogP contribution in [0.25, 0.3) is 10.2 Å². The molecule has 2 N–H and O–H groups in total. The Morgan fingerprint density at radius 2 is 1.67 bits per heavy atom. The molecule has 8 nitrogen and oxygen atoms in total. The van der Waals surface area contributed by atoms with Crippen molar-refractivity contribution in [3.05, 3.63) is 81.8 Å². The number of carbonyl (C=O) groups is 1. The Kier molecular flexibility index (Phi) is 8.29. The van der Waals surface area contributed by atoms with E-state index in [-0.39, 0.29) is 10.8 Å². The molecule has 0 atom stereocenters. The summed E-state index contributed by atoms with van der Waals surface area (Å²) in [5, 5.41) is 5.14. The monoisotopic (exact) mass is 603 g/mol. The average Bonchev–Trinajstić information content (AvgIpc) is 3.39. The van der Waals surface area contributed by atoms with Gasteiger partial charge in [-0.2, -0.15) is 0 Å². The van der Waals surface area contributed by atoms with E-state index in [1.807, 2.05) is 19.1 Å². The molecule has 1 saturated heterocycles. The van der Waals surface area contributed by atoms with E-state index in [2.05, 4.69) is 19.8 Å². The van der Waals surface area contributed by atoms with Gasteiger partial charge in [0, 0.05) is 55.5 Å². The maximum absolute atomic E-state index is 12.6. The lowest BCUT2D eigenvalue weighted by Crippen LogP contribution is -2.48. The number of amides is 1. The van der Waals surface area contributed by atoms with Crippen molar-refractivity contribution in [2.45, 2.75) is 11.8 Å². The summed E-state index contributed by atoms with van der Waals surface area (Å²) in [7, 11) is -3.75. The smallest absolute Gasteiger partial charge is 0.261 e. The molecule has 0 spiro atoms. The summed E-state index contributed by atoms with van der Waals surface area (Å²) in [4.78, 5) is 22.1. The normalized spacial score (nSPS) is 14.5. The zero-order valence-corrected chi connectivity index (χ0v) is 24.3. The Balaban J connectivity index is 1.08. The number of hydrogen-bond donors (Lipinski definition) is 2. The van der Waals surface area contributed by atoms with Gasteiger partial charge in [0.2, 0.25) is 0 Å². The predicted molar refractivity (Wildman–Crippen MR) is 159 cm³/mol. The van der Waals surface area contributed by atoms with Crippen LogP contribution in [0.3, 0.4) is 0 Å². The van der Waals surface area contributed by atoms with Crippen molar-refractivity contribution in [1.82, 2.24) is 15.2 Å². The molecule has 4 aromatic rings. The quantitative estimate of drug-likeness (QED) is 0.285. The maximum Gasteiger partial charge on any atom is 0.261 e. The highest BCUT2D eigenvalue weighted by Gasteiger charge is 2.21. The van der Waals surface area contributed by atoms with Crippen LogP contribution in [0.2, 0.25) is 10.0 Å². The van der Waals surface area contributed by atoms with Crippen LogP contribution in [-0.4, -0.2) is 63.5 Å². The molecular weight excluding hydrogens is 577 g/mol. The molecule has 12 heteroatoms. The number of carbonyl (C=O) groups excluding carboxylic acids is 1. The summed E-state index contributed by atoms with van der Waals surface area (Å²) in [5.41, 5.74) is 2.92. The van der Waals surface area contributed by atoms with Crippen molar-refractivity contribution < 1.29 is 13.2 Å². The van der Waals surface area contributed by atoms with Crippen LogP contribution in [0, 0.1) is 6.92 Å². The van der Waals surface area contributed by atoms with Crippen molar-refractivity contribution in [1.29, 1.82) is 0 Å². The zero-order valence-electron chi connectivity index (χ0n) is 21.2. The van der Waals surface area contributed by atoms with E-state index in [0.717, 1.165) is 58.7 Å². The minimum absolute atomic E-state index is 0.106. The van der Waals surface area contributed by atoms with Crippen LogP contribution in [0.5, 0.6) is 0 Å². The van der Waals surface area contributed by atoms with Crippen molar-refractivity contribution in [2.75, 3.05) is 48.9 Å². The molecule has 0 saturated carbocycles. The van der Waals surface area contributed by atoms with Gasteiger partial charge >= 0.3 is 0 Å². The number of aryl methyl sites for hydroxylation is 1. The summed E-state index contributed by atoms with van der Waals surface area (Å²) in [6.07, 6.45) is 0. The number of nitrogens with zero attached hydrogens (tertiary/aromatic N) is 3. The fourth-order valence-corrected chi connectivity index (χ4v) is 6.89. The summed E-state index contributed by atoms with van der Waals surface area (Å²) in [6.45, 7) is 6.77. The molecule has 0 radical (unpaired) electrons. The maximum atomic E-state index is 12.6. The van der Waals surface area contributed by atoms with Crippen molar-refractivity contribution >= 4 is 71.5 Å². The number of piperazine rings is 1. The third kappa shape index (κ3) is 6.47. The third-order valence-electron chi connectivity index (χ3n) is 6.57. The molecule has 1 aromatic heterocycles. The Bertz CT molecular complexity index is 1550. The standard InChI is InChI=1S/C27H27Cl2N5O3S2/c1-18-2-11-23(29)25-24(18)31-27(38-25)34-16-14-33(15-17-34)13-12-30-26(35)19-3-7-21(8-4-19)32-39(36,37)22-9-5-20(28)6-10-22/h2-11,32H,12-17H2,1H3,(H,30,35).